The van der Waals surface area contributed by atoms with Gasteiger partial charge in [-0.3, -0.25) is 9.59 Å². The third-order valence-corrected chi connectivity index (χ3v) is 4.18. The molecule has 0 saturated heterocycles. The molecule has 1 N–H and O–H groups in total. The van der Waals surface area contributed by atoms with Crippen molar-refractivity contribution < 1.29 is 19.1 Å². The minimum absolute atomic E-state index is 0.281. The highest BCUT2D eigenvalue weighted by atomic mass is 16.5. The van der Waals surface area contributed by atoms with Crippen LogP contribution in [0.15, 0.2) is 54.6 Å². The Morgan fingerprint density at radius 3 is 2.19 bits per heavy atom. The Bertz CT molecular complexity index is 726. The molecule has 0 spiro atoms. The molecular formula is C22H27NO4. The van der Waals surface area contributed by atoms with Gasteiger partial charge >= 0.3 is 5.97 Å². The molecule has 0 heterocycles. The molecule has 27 heavy (non-hydrogen) atoms. The van der Waals surface area contributed by atoms with Crippen LogP contribution in [0.1, 0.15) is 43.9 Å². The van der Waals surface area contributed by atoms with Gasteiger partial charge in [0.2, 0.25) is 0 Å². The molecule has 0 aliphatic heterocycles. The normalized spacial score (nSPS) is 11.7. The molecular weight excluding hydrogens is 342 g/mol. The standard InChI is InChI=1S/C22H27NO4/c1-16(2)9-14-21(25)27-15-20(24)23-22(17-7-5-4-6-8-17)18-10-12-19(26-3)13-11-18/h4-8,10-13,16,22H,9,14-15H2,1-3H3,(H,23,24)/t22-/m0/s1. The fourth-order valence-corrected chi connectivity index (χ4v) is 2.63. The van der Waals surface area contributed by atoms with Crippen molar-refractivity contribution in [3.63, 3.8) is 0 Å². The lowest BCUT2D eigenvalue weighted by Gasteiger charge is -2.20. The van der Waals surface area contributed by atoms with E-state index in [2.05, 4.69) is 5.32 Å². The maximum atomic E-state index is 12.4. The zero-order valence-electron chi connectivity index (χ0n) is 16.1. The van der Waals surface area contributed by atoms with Gasteiger partial charge < -0.3 is 14.8 Å². The van der Waals surface area contributed by atoms with Crippen LogP contribution in [0.5, 0.6) is 5.75 Å². The van der Waals surface area contributed by atoms with Crippen LogP contribution in [0.4, 0.5) is 0 Å². The van der Waals surface area contributed by atoms with Crippen molar-refractivity contribution in [2.24, 2.45) is 5.92 Å². The molecule has 5 nitrogen and oxygen atoms in total. The Balaban J connectivity index is 2.03. The van der Waals surface area contributed by atoms with Crippen LogP contribution in [0.2, 0.25) is 0 Å². The second kappa shape index (κ2) is 10.4. The van der Waals surface area contributed by atoms with Crippen molar-refractivity contribution in [2.75, 3.05) is 13.7 Å². The lowest BCUT2D eigenvalue weighted by molar-refractivity contribution is -0.148. The van der Waals surface area contributed by atoms with Crippen LogP contribution in [0.25, 0.3) is 0 Å². The predicted octanol–water partition coefficient (Wildman–Crippen LogP) is 3.88. The average Bonchev–Trinajstić information content (AvgIpc) is 2.69. The van der Waals surface area contributed by atoms with Crippen LogP contribution in [-0.2, 0) is 14.3 Å². The molecule has 2 rings (SSSR count). The average molecular weight is 369 g/mol. The van der Waals surface area contributed by atoms with Crippen molar-refractivity contribution >= 4 is 11.9 Å². The maximum Gasteiger partial charge on any atom is 0.306 e. The van der Waals surface area contributed by atoms with E-state index in [4.69, 9.17) is 9.47 Å². The topological polar surface area (TPSA) is 64.6 Å². The number of carbonyl (C=O) groups excluding carboxylic acids is 2. The quantitative estimate of drug-likeness (QED) is 0.681. The van der Waals surface area contributed by atoms with E-state index in [1.54, 1.807) is 7.11 Å². The van der Waals surface area contributed by atoms with E-state index >= 15 is 0 Å². The number of ether oxygens (including phenoxy) is 2. The second-order valence-corrected chi connectivity index (χ2v) is 6.78. The Kier molecular flexibility index (Phi) is 7.86. The van der Waals surface area contributed by atoms with Crippen LogP contribution >= 0.6 is 0 Å². The van der Waals surface area contributed by atoms with Gasteiger partial charge in [0.05, 0.1) is 13.2 Å². The van der Waals surface area contributed by atoms with E-state index in [0.29, 0.717) is 12.3 Å². The summed E-state index contributed by atoms with van der Waals surface area (Å²) in [4.78, 5) is 24.1. The summed E-state index contributed by atoms with van der Waals surface area (Å²) in [5, 5.41) is 2.95. The van der Waals surface area contributed by atoms with Crippen LogP contribution in [0, 0.1) is 5.92 Å². The Hall–Kier alpha value is -2.82. The van der Waals surface area contributed by atoms with E-state index in [1.807, 2.05) is 68.4 Å². The predicted molar refractivity (Wildman–Crippen MR) is 104 cm³/mol. The lowest BCUT2D eigenvalue weighted by Crippen LogP contribution is -2.33. The van der Waals surface area contributed by atoms with Crippen molar-refractivity contribution in [1.29, 1.82) is 0 Å². The summed E-state index contributed by atoms with van der Waals surface area (Å²) in [6, 6.07) is 16.8. The van der Waals surface area contributed by atoms with E-state index in [1.165, 1.54) is 0 Å². The molecule has 0 aromatic heterocycles. The number of hydrogen-bond acceptors (Lipinski definition) is 4. The maximum absolute atomic E-state index is 12.4. The summed E-state index contributed by atoms with van der Waals surface area (Å²) in [7, 11) is 1.61. The van der Waals surface area contributed by atoms with Gasteiger partial charge in [0.15, 0.2) is 6.61 Å². The molecule has 1 atom stereocenters. The fraction of sp³-hybridized carbons (Fsp3) is 0.364. The number of carbonyl (C=O) groups is 2. The molecule has 5 heteroatoms. The highest BCUT2D eigenvalue weighted by Gasteiger charge is 2.18. The van der Waals surface area contributed by atoms with Crippen LogP contribution < -0.4 is 10.1 Å². The number of methoxy groups -OCH3 is 1. The SMILES string of the molecule is COc1ccc([C@@H](NC(=O)COC(=O)CCC(C)C)c2ccccc2)cc1. The molecule has 0 bridgehead atoms. The van der Waals surface area contributed by atoms with E-state index < -0.39 is 0 Å². The van der Waals surface area contributed by atoms with E-state index in [0.717, 1.165) is 23.3 Å². The Morgan fingerprint density at radius 1 is 0.963 bits per heavy atom. The Labute approximate surface area is 160 Å². The first kappa shape index (κ1) is 20.5. The first-order valence-electron chi connectivity index (χ1n) is 9.13. The monoisotopic (exact) mass is 369 g/mol. The summed E-state index contributed by atoms with van der Waals surface area (Å²) in [6.07, 6.45) is 1.07. The number of benzene rings is 2. The van der Waals surface area contributed by atoms with Gasteiger partial charge in [-0.1, -0.05) is 56.3 Å². The lowest BCUT2D eigenvalue weighted by atomic mass is 9.98. The third-order valence-electron chi connectivity index (χ3n) is 4.18. The summed E-state index contributed by atoms with van der Waals surface area (Å²) in [6.45, 7) is 3.80. The van der Waals surface area contributed by atoms with E-state index in [9.17, 15) is 9.59 Å². The van der Waals surface area contributed by atoms with Gasteiger partial charge in [0.25, 0.3) is 5.91 Å². The summed E-state index contributed by atoms with van der Waals surface area (Å²) in [5.41, 5.74) is 1.86. The van der Waals surface area contributed by atoms with Crippen molar-refractivity contribution in [3.05, 3.63) is 65.7 Å². The molecule has 2 aromatic carbocycles. The van der Waals surface area contributed by atoms with Crippen LogP contribution in [0.3, 0.4) is 0 Å². The number of hydrogen-bond donors (Lipinski definition) is 1. The molecule has 144 valence electrons. The highest BCUT2D eigenvalue weighted by Crippen LogP contribution is 2.24. The summed E-state index contributed by atoms with van der Waals surface area (Å²) < 4.78 is 10.3. The molecule has 0 unspecified atom stereocenters. The van der Waals surface area contributed by atoms with E-state index in [-0.39, 0.29) is 24.5 Å². The first-order valence-corrected chi connectivity index (χ1v) is 9.13. The molecule has 0 saturated carbocycles. The van der Waals surface area contributed by atoms with Gasteiger partial charge in [0.1, 0.15) is 5.75 Å². The number of nitrogens with one attached hydrogen (secondary N) is 1. The molecule has 0 radical (unpaired) electrons. The molecule has 0 aliphatic carbocycles. The summed E-state index contributed by atoms with van der Waals surface area (Å²) in [5.74, 6) is 0.483. The van der Waals surface area contributed by atoms with Gasteiger partial charge in [-0.25, -0.2) is 0 Å². The highest BCUT2D eigenvalue weighted by molar-refractivity contribution is 5.81. The zero-order valence-corrected chi connectivity index (χ0v) is 16.1. The van der Waals surface area contributed by atoms with Crippen molar-refractivity contribution in [1.82, 2.24) is 5.32 Å². The van der Waals surface area contributed by atoms with Gasteiger partial charge in [-0.15, -0.1) is 0 Å². The van der Waals surface area contributed by atoms with Gasteiger partial charge in [-0.05, 0) is 35.6 Å². The minimum atomic E-state index is -0.348. The minimum Gasteiger partial charge on any atom is -0.497 e. The van der Waals surface area contributed by atoms with Gasteiger partial charge in [0, 0.05) is 6.42 Å². The molecule has 0 aliphatic rings. The molecule has 1 amide bonds. The first-order chi connectivity index (χ1) is 13.0. The van der Waals surface area contributed by atoms with Crippen molar-refractivity contribution in [2.45, 2.75) is 32.7 Å². The smallest absolute Gasteiger partial charge is 0.306 e. The van der Waals surface area contributed by atoms with Gasteiger partial charge in [-0.2, -0.15) is 0 Å². The summed E-state index contributed by atoms with van der Waals surface area (Å²) >= 11 is 0. The molecule has 0 fully saturated rings. The second-order valence-electron chi connectivity index (χ2n) is 6.78. The zero-order chi connectivity index (χ0) is 19.6. The number of rotatable bonds is 9. The Morgan fingerprint density at radius 2 is 1.59 bits per heavy atom. The molecule has 2 aromatic rings. The van der Waals surface area contributed by atoms with Crippen molar-refractivity contribution in [3.8, 4) is 5.75 Å². The number of amides is 1. The fourth-order valence-electron chi connectivity index (χ4n) is 2.63. The number of esters is 1. The van der Waals surface area contributed by atoms with Crippen LogP contribution in [-0.4, -0.2) is 25.6 Å². The largest absolute Gasteiger partial charge is 0.497 e. The third kappa shape index (κ3) is 6.77.